The Morgan fingerprint density at radius 3 is 2.43 bits per heavy atom. The van der Waals surface area contributed by atoms with Crippen LogP contribution in [-0.4, -0.2) is 0 Å². The van der Waals surface area contributed by atoms with Gasteiger partial charge in [-0.2, -0.15) is 10.5 Å². The van der Waals surface area contributed by atoms with Crippen molar-refractivity contribution in [3.63, 3.8) is 0 Å². The van der Waals surface area contributed by atoms with Gasteiger partial charge in [0.1, 0.15) is 0 Å². The molecule has 0 atom stereocenters. The molecular formula is C19H24N2. The highest BCUT2D eigenvalue weighted by molar-refractivity contribution is 5.44. The highest BCUT2D eigenvalue weighted by atomic mass is 14.3. The molecule has 0 heterocycles. The molecule has 2 heteroatoms. The minimum Gasteiger partial charge on any atom is -0.193 e. The topological polar surface area (TPSA) is 47.6 Å². The quantitative estimate of drug-likeness (QED) is 0.601. The maximum absolute atomic E-state index is 9.06. The molecule has 0 aromatic rings. The molecule has 21 heavy (non-hydrogen) atoms. The molecule has 110 valence electrons. The number of hydrogen-bond donors (Lipinski definition) is 0. The fourth-order valence-electron chi connectivity index (χ4n) is 2.38. The molecule has 0 fully saturated rings. The predicted octanol–water partition coefficient (Wildman–Crippen LogP) is 5.52. The van der Waals surface area contributed by atoms with E-state index in [-0.39, 0.29) is 0 Å². The second kappa shape index (κ2) is 8.98. The van der Waals surface area contributed by atoms with Crippen molar-refractivity contribution in [1.29, 1.82) is 10.5 Å². The standard InChI is InChI=1S/C19H24N2/c1-15(2)6-4-7-16(3)8-5-9-17-10-11-18(13-20)19(12-17)14-21/h6,8,10H,4-5,7,9,11-12H2,1-3H3/b16-8+. The minimum atomic E-state index is 0.623. The van der Waals surface area contributed by atoms with E-state index >= 15 is 0 Å². The van der Waals surface area contributed by atoms with Crippen LogP contribution in [0.25, 0.3) is 0 Å². The Morgan fingerprint density at radius 1 is 1.10 bits per heavy atom. The van der Waals surface area contributed by atoms with Crippen molar-refractivity contribution in [2.75, 3.05) is 0 Å². The molecule has 0 spiro atoms. The summed E-state index contributed by atoms with van der Waals surface area (Å²) in [6.07, 6.45) is 12.2. The van der Waals surface area contributed by atoms with Crippen LogP contribution >= 0.6 is 0 Å². The molecule has 0 amide bonds. The molecule has 1 rings (SSSR count). The van der Waals surface area contributed by atoms with Gasteiger partial charge in [0.25, 0.3) is 0 Å². The number of nitriles is 2. The van der Waals surface area contributed by atoms with Gasteiger partial charge in [0.15, 0.2) is 0 Å². The van der Waals surface area contributed by atoms with Crippen LogP contribution in [0.4, 0.5) is 0 Å². The van der Waals surface area contributed by atoms with Crippen molar-refractivity contribution >= 4 is 0 Å². The molecule has 1 aliphatic carbocycles. The number of rotatable bonds is 6. The first kappa shape index (κ1) is 17.0. The summed E-state index contributed by atoms with van der Waals surface area (Å²) in [5.74, 6) is 0. The van der Waals surface area contributed by atoms with Gasteiger partial charge in [-0.3, -0.25) is 0 Å². The normalized spacial score (nSPS) is 15.1. The second-order valence-electron chi connectivity index (χ2n) is 5.83. The summed E-state index contributed by atoms with van der Waals surface area (Å²) in [5.41, 5.74) is 5.38. The second-order valence-corrected chi connectivity index (χ2v) is 5.83. The Balaban J connectivity index is 2.41. The third-order valence-corrected chi connectivity index (χ3v) is 3.68. The van der Waals surface area contributed by atoms with Crippen molar-refractivity contribution in [2.24, 2.45) is 0 Å². The van der Waals surface area contributed by atoms with Crippen molar-refractivity contribution in [2.45, 2.75) is 59.3 Å². The Labute approximate surface area is 128 Å². The molecule has 0 bridgehead atoms. The fraction of sp³-hybridized carbons (Fsp3) is 0.474. The number of nitrogens with zero attached hydrogens (tertiary/aromatic N) is 2. The van der Waals surface area contributed by atoms with Crippen LogP contribution in [0.15, 0.2) is 46.1 Å². The average Bonchev–Trinajstić information content (AvgIpc) is 2.46. The molecule has 0 saturated heterocycles. The molecule has 2 nitrogen and oxygen atoms in total. The lowest BCUT2D eigenvalue weighted by Gasteiger charge is -2.12. The van der Waals surface area contributed by atoms with Crippen molar-refractivity contribution in [3.8, 4) is 12.1 Å². The molecule has 0 unspecified atom stereocenters. The van der Waals surface area contributed by atoms with E-state index in [0.717, 1.165) is 25.7 Å². The molecule has 0 aromatic heterocycles. The summed E-state index contributed by atoms with van der Waals surface area (Å²) in [5, 5.41) is 18.0. The van der Waals surface area contributed by atoms with E-state index in [2.05, 4.69) is 51.1 Å². The molecule has 0 aliphatic heterocycles. The first-order valence-corrected chi connectivity index (χ1v) is 7.56. The van der Waals surface area contributed by atoms with Crippen LogP contribution in [-0.2, 0) is 0 Å². The van der Waals surface area contributed by atoms with Crippen LogP contribution in [0, 0.1) is 22.7 Å². The average molecular weight is 280 g/mol. The van der Waals surface area contributed by atoms with Crippen molar-refractivity contribution < 1.29 is 0 Å². The van der Waals surface area contributed by atoms with Crippen LogP contribution in [0.3, 0.4) is 0 Å². The van der Waals surface area contributed by atoms with Gasteiger partial charge in [-0.1, -0.05) is 34.9 Å². The highest BCUT2D eigenvalue weighted by Gasteiger charge is 2.13. The van der Waals surface area contributed by atoms with Crippen LogP contribution < -0.4 is 0 Å². The van der Waals surface area contributed by atoms with Gasteiger partial charge in [0, 0.05) is 24.0 Å². The first-order chi connectivity index (χ1) is 10.1. The lowest BCUT2D eigenvalue weighted by Crippen LogP contribution is -1.98. The zero-order valence-electron chi connectivity index (χ0n) is 13.4. The zero-order chi connectivity index (χ0) is 15.7. The van der Waals surface area contributed by atoms with Crippen LogP contribution in [0.5, 0.6) is 0 Å². The fourth-order valence-corrected chi connectivity index (χ4v) is 2.38. The van der Waals surface area contributed by atoms with E-state index < -0.39 is 0 Å². The van der Waals surface area contributed by atoms with Gasteiger partial charge in [-0.25, -0.2) is 0 Å². The maximum atomic E-state index is 9.06. The third kappa shape index (κ3) is 6.28. The molecule has 0 saturated carbocycles. The number of allylic oxidation sites excluding steroid dienone is 8. The largest absolute Gasteiger partial charge is 0.193 e. The van der Waals surface area contributed by atoms with Crippen molar-refractivity contribution in [1.82, 2.24) is 0 Å². The third-order valence-electron chi connectivity index (χ3n) is 3.68. The van der Waals surface area contributed by atoms with Crippen LogP contribution in [0.1, 0.15) is 59.3 Å². The highest BCUT2D eigenvalue weighted by Crippen LogP contribution is 2.26. The van der Waals surface area contributed by atoms with Gasteiger partial charge < -0.3 is 0 Å². The van der Waals surface area contributed by atoms with E-state index in [9.17, 15) is 0 Å². The Hall–Kier alpha value is -2.06. The summed E-state index contributed by atoms with van der Waals surface area (Å²) in [4.78, 5) is 0. The predicted molar refractivity (Wildman–Crippen MR) is 87.2 cm³/mol. The van der Waals surface area contributed by atoms with Crippen molar-refractivity contribution in [3.05, 3.63) is 46.1 Å². The summed E-state index contributed by atoms with van der Waals surface area (Å²) >= 11 is 0. The monoisotopic (exact) mass is 280 g/mol. The summed E-state index contributed by atoms with van der Waals surface area (Å²) in [6.45, 7) is 6.44. The Kier molecular flexibility index (Phi) is 7.27. The summed E-state index contributed by atoms with van der Waals surface area (Å²) in [7, 11) is 0. The smallest absolute Gasteiger partial charge is 0.0961 e. The van der Waals surface area contributed by atoms with Gasteiger partial charge in [-0.15, -0.1) is 0 Å². The molecule has 0 N–H and O–H groups in total. The number of hydrogen-bond acceptors (Lipinski definition) is 2. The Morgan fingerprint density at radius 2 is 1.81 bits per heavy atom. The minimum absolute atomic E-state index is 0.623. The zero-order valence-corrected chi connectivity index (χ0v) is 13.4. The van der Waals surface area contributed by atoms with Gasteiger partial charge in [0.2, 0.25) is 0 Å². The molecule has 0 aromatic carbocycles. The van der Waals surface area contributed by atoms with E-state index in [1.54, 1.807) is 0 Å². The van der Waals surface area contributed by atoms with E-state index in [0.29, 0.717) is 24.0 Å². The van der Waals surface area contributed by atoms with Gasteiger partial charge in [0.05, 0.1) is 12.1 Å². The molecule has 0 radical (unpaired) electrons. The first-order valence-electron chi connectivity index (χ1n) is 7.56. The van der Waals surface area contributed by atoms with E-state index in [1.807, 2.05) is 0 Å². The molecular weight excluding hydrogens is 256 g/mol. The maximum Gasteiger partial charge on any atom is 0.0961 e. The van der Waals surface area contributed by atoms with Gasteiger partial charge >= 0.3 is 0 Å². The summed E-state index contributed by atoms with van der Waals surface area (Å²) in [6, 6.07) is 4.29. The SMILES string of the molecule is CC(C)=CCC/C(C)=C/CCC1=CCC(C#N)=C(C#N)C1. The lowest BCUT2D eigenvalue weighted by atomic mass is 9.90. The van der Waals surface area contributed by atoms with E-state index in [1.165, 1.54) is 16.7 Å². The lowest BCUT2D eigenvalue weighted by molar-refractivity contribution is 0.875. The van der Waals surface area contributed by atoms with E-state index in [4.69, 9.17) is 10.5 Å². The summed E-state index contributed by atoms with van der Waals surface area (Å²) < 4.78 is 0. The Bertz CT molecular complexity index is 568. The van der Waals surface area contributed by atoms with Gasteiger partial charge in [-0.05, 0) is 46.5 Å². The molecule has 1 aliphatic rings. The van der Waals surface area contributed by atoms with Crippen LogP contribution in [0.2, 0.25) is 0 Å².